The lowest BCUT2D eigenvalue weighted by Crippen LogP contribution is -2.36. The van der Waals surface area contributed by atoms with Crippen molar-refractivity contribution in [2.45, 2.75) is 19.6 Å². The number of halogens is 1. The van der Waals surface area contributed by atoms with Gasteiger partial charge in [-0.3, -0.25) is 24.2 Å². The summed E-state index contributed by atoms with van der Waals surface area (Å²) in [5, 5.41) is 1.58. The van der Waals surface area contributed by atoms with Gasteiger partial charge in [-0.2, -0.15) is 0 Å². The van der Waals surface area contributed by atoms with Gasteiger partial charge in [0.25, 0.3) is 5.56 Å². The van der Waals surface area contributed by atoms with E-state index in [4.69, 9.17) is 21.3 Å². The Morgan fingerprint density at radius 3 is 2.61 bits per heavy atom. The SMILES string of the molecule is O=c1cc(OCc2ccc(Cl)cn2)ccn1-c1ccc2nc(CN3CCC3)ccc2c1. The second kappa shape index (κ2) is 8.49. The summed E-state index contributed by atoms with van der Waals surface area (Å²) in [5.41, 5.74) is 3.38. The summed E-state index contributed by atoms with van der Waals surface area (Å²) >= 11 is 5.84. The number of likely N-dealkylation sites (tertiary alicyclic amines) is 1. The van der Waals surface area contributed by atoms with Crippen molar-refractivity contribution in [2.24, 2.45) is 0 Å². The van der Waals surface area contributed by atoms with Crippen molar-refractivity contribution in [1.29, 1.82) is 0 Å². The monoisotopic (exact) mass is 432 g/mol. The summed E-state index contributed by atoms with van der Waals surface area (Å²) in [6, 6.07) is 16.8. The van der Waals surface area contributed by atoms with Crippen LogP contribution in [0.25, 0.3) is 16.6 Å². The summed E-state index contributed by atoms with van der Waals surface area (Å²) in [5.74, 6) is 0.496. The minimum atomic E-state index is -0.164. The highest BCUT2D eigenvalue weighted by atomic mass is 35.5. The lowest BCUT2D eigenvalue weighted by atomic mass is 10.1. The molecule has 0 radical (unpaired) electrons. The molecule has 31 heavy (non-hydrogen) atoms. The van der Waals surface area contributed by atoms with Crippen molar-refractivity contribution >= 4 is 22.5 Å². The van der Waals surface area contributed by atoms with Crippen LogP contribution in [0.5, 0.6) is 5.75 Å². The number of nitrogens with zero attached hydrogens (tertiary/aromatic N) is 4. The molecule has 0 unspecified atom stereocenters. The van der Waals surface area contributed by atoms with E-state index in [2.05, 4.69) is 22.0 Å². The van der Waals surface area contributed by atoms with E-state index in [1.165, 1.54) is 12.5 Å². The zero-order chi connectivity index (χ0) is 21.2. The predicted octanol–water partition coefficient (Wildman–Crippen LogP) is 4.22. The standard InChI is InChI=1S/C24H21ClN4O2/c25-18-3-5-20(26-14-18)16-31-22-8-11-29(24(30)13-22)21-6-7-23-17(12-21)2-4-19(27-23)15-28-9-1-10-28/h2-8,11-14H,1,9-10,15-16H2. The highest BCUT2D eigenvalue weighted by molar-refractivity contribution is 6.30. The molecule has 1 saturated heterocycles. The fourth-order valence-electron chi connectivity index (χ4n) is 3.58. The molecular formula is C24H21ClN4O2. The Labute approximate surface area is 184 Å². The first kappa shape index (κ1) is 19.7. The van der Waals surface area contributed by atoms with E-state index in [0.29, 0.717) is 10.8 Å². The lowest BCUT2D eigenvalue weighted by molar-refractivity contribution is 0.170. The molecule has 0 amide bonds. The fraction of sp³-hybridized carbons (Fsp3) is 0.208. The number of hydrogen-bond donors (Lipinski definition) is 0. The third kappa shape index (κ3) is 4.45. The van der Waals surface area contributed by atoms with Gasteiger partial charge in [-0.15, -0.1) is 0 Å². The lowest BCUT2D eigenvalue weighted by Gasteiger charge is -2.30. The van der Waals surface area contributed by atoms with Crippen LogP contribution in [-0.2, 0) is 13.2 Å². The molecule has 0 atom stereocenters. The van der Waals surface area contributed by atoms with Crippen molar-refractivity contribution in [3.8, 4) is 11.4 Å². The second-order valence-electron chi connectivity index (χ2n) is 7.64. The van der Waals surface area contributed by atoms with Gasteiger partial charge in [0.1, 0.15) is 12.4 Å². The zero-order valence-electron chi connectivity index (χ0n) is 16.9. The third-order valence-corrected chi connectivity index (χ3v) is 5.63. The Kier molecular flexibility index (Phi) is 5.40. The van der Waals surface area contributed by atoms with Gasteiger partial charge in [-0.05, 0) is 62.0 Å². The summed E-state index contributed by atoms with van der Waals surface area (Å²) in [4.78, 5) is 24.0. The molecule has 7 heteroatoms. The van der Waals surface area contributed by atoms with Crippen LogP contribution in [-0.4, -0.2) is 32.5 Å². The van der Waals surface area contributed by atoms with Gasteiger partial charge in [0.2, 0.25) is 0 Å². The Bertz CT molecular complexity index is 1280. The maximum atomic E-state index is 12.7. The van der Waals surface area contributed by atoms with Crippen LogP contribution in [0.2, 0.25) is 5.02 Å². The van der Waals surface area contributed by atoms with E-state index >= 15 is 0 Å². The Morgan fingerprint density at radius 1 is 1.00 bits per heavy atom. The van der Waals surface area contributed by atoms with E-state index in [0.717, 1.165) is 47.6 Å². The maximum absolute atomic E-state index is 12.7. The van der Waals surface area contributed by atoms with Gasteiger partial charge < -0.3 is 4.74 Å². The number of fused-ring (bicyclic) bond motifs is 1. The largest absolute Gasteiger partial charge is 0.487 e. The van der Waals surface area contributed by atoms with Crippen LogP contribution in [0.3, 0.4) is 0 Å². The average molecular weight is 433 g/mol. The molecule has 1 aliphatic rings. The van der Waals surface area contributed by atoms with Crippen LogP contribution in [0.4, 0.5) is 0 Å². The van der Waals surface area contributed by atoms with Crippen LogP contribution in [0.1, 0.15) is 17.8 Å². The normalized spacial score (nSPS) is 13.8. The summed E-state index contributed by atoms with van der Waals surface area (Å²) in [6.07, 6.45) is 4.56. The molecule has 1 fully saturated rings. The molecule has 0 saturated carbocycles. The van der Waals surface area contributed by atoms with E-state index in [1.54, 1.807) is 35.2 Å². The molecule has 6 nitrogen and oxygen atoms in total. The van der Waals surface area contributed by atoms with Crippen molar-refractivity contribution in [3.63, 3.8) is 0 Å². The molecule has 3 aromatic heterocycles. The Balaban J connectivity index is 1.33. The van der Waals surface area contributed by atoms with Crippen LogP contribution in [0.15, 0.2) is 71.8 Å². The Hall–Kier alpha value is -3.22. The van der Waals surface area contributed by atoms with Gasteiger partial charge in [0, 0.05) is 36.1 Å². The highest BCUT2D eigenvalue weighted by Crippen LogP contribution is 2.20. The number of aromatic nitrogens is 3. The quantitative estimate of drug-likeness (QED) is 0.456. The number of ether oxygens (including phenoxy) is 1. The topological polar surface area (TPSA) is 60.2 Å². The minimum Gasteiger partial charge on any atom is -0.487 e. The number of rotatable bonds is 6. The molecular weight excluding hydrogens is 412 g/mol. The summed E-state index contributed by atoms with van der Waals surface area (Å²) in [6.45, 7) is 3.46. The predicted molar refractivity (Wildman–Crippen MR) is 121 cm³/mol. The van der Waals surface area contributed by atoms with E-state index in [1.807, 2.05) is 18.2 Å². The van der Waals surface area contributed by atoms with Gasteiger partial charge in [0.05, 0.1) is 21.9 Å². The van der Waals surface area contributed by atoms with Gasteiger partial charge in [0.15, 0.2) is 0 Å². The van der Waals surface area contributed by atoms with Gasteiger partial charge in [-0.25, -0.2) is 0 Å². The molecule has 4 aromatic rings. The number of hydrogen-bond acceptors (Lipinski definition) is 5. The molecule has 1 aromatic carbocycles. The first-order valence-corrected chi connectivity index (χ1v) is 10.6. The number of pyridine rings is 3. The number of benzene rings is 1. The molecule has 1 aliphatic heterocycles. The smallest absolute Gasteiger partial charge is 0.258 e. The van der Waals surface area contributed by atoms with E-state index < -0.39 is 0 Å². The van der Waals surface area contributed by atoms with Crippen molar-refractivity contribution in [1.82, 2.24) is 19.4 Å². The summed E-state index contributed by atoms with van der Waals surface area (Å²) in [7, 11) is 0. The van der Waals surface area contributed by atoms with Crippen LogP contribution < -0.4 is 10.3 Å². The maximum Gasteiger partial charge on any atom is 0.258 e. The zero-order valence-corrected chi connectivity index (χ0v) is 17.6. The highest BCUT2D eigenvalue weighted by Gasteiger charge is 2.14. The minimum absolute atomic E-state index is 0.164. The third-order valence-electron chi connectivity index (χ3n) is 5.41. The molecule has 4 heterocycles. The van der Waals surface area contributed by atoms with Gasteiger partial charge >= 0.3 is 0 Å². The van der Waals surface area contributed by atoms with E-state index in [9.17, 15) is 4.79 Å². The van der Waals surface area contributed by atoms with Crippen molar-refractivity contribution < 1.29 is 4.74 Å². The molecule has 5 rings (SSSR count). The molecule has 0 bridgehead atoms. The first-order chi connectivity index (χ1) is 15.1. The Morgan fingerprint density at radius 2 is 1.87 bits per heavy atom. The molecule has 0 N–H and O–H groups in total. The molecule has 0 spiro atoms. The van der Waals surface area contributed by atoms with Crippen LogP contribution >= 0.6 is 11.6 Å². The molecule has 0 aliphatic carbocycles. The summed E-state index contributed by atoms with van der Waals surface area (Å²) < 4.78 is 7.30. The second-order valence-corrected chi connectivity index (χ2v) is 8.07. The van der Waals surface area contributed by atoms with Crippen molar-refractivity contribution in [3.05, 3.63) is 93.8 Å². The molecule has 156 valence electrons. The van der Waals surface area contributed by atoms with E-state index in [-0.39, 0.29) is 12.2 Å². The van der Waals surface area contributed by atoms with Crippen LogP contribution in [0, 0.1) is 0 Å². The fourth-order valence-corrected chi connectivity index (χ4v) is 3.69. The van der Waals surface area contributed by atoms with Crippen molar-refractivity contribution in [2.75, 3.05) is 13.1 Å². The van der Waals surface area contributed by atoms with Gasteiger partial charge in [-0.1, -0.05) is 17.7 Å². The average Bonchev–Trinajstić information content (AvgIpc) is 2.75. The first-order valence-electron chi connectivity index (χ1n) is 10.2.